The Morgan fingerprint density at radius 2 is 2.07 bits per heavy atom. The summed E-state index contributed by atoms with van der Waals surface area (Å²) in [4.78, 5) is 12.9. The number of amides is 1. The first-order valence-electron chi connectivity index (χ1n) is 5.19. The van der Waals surface area contributed by atoms with Crippen LogP contribution in [0, 0.1) is 0 Å². The zero-order valence-electron chi connectivity index (χ0n) is 9.89. The average Bonchev–Trinajstić information content (AvgIpc) is 2.51. The topological polar surface area (TPSA) is 41.6 Å². The molecule has 1 saturated heterocycles. The van der Waals surface area contributed by atoms with Crippen molar-refractivity contribution in [2.45, 2.75) is 32.8 Å². The smallest absolute Gasteiger partial charge is 0.407 e. The Labute approximate surface area is 86.6 Å². The summed E-state index contributed by atoms with van der Waals surface area (Å²) < 4.78 is 5.22. The van der Waals surface area contributed by atoms with Crippen LogP contribution in [0.4, 0.5) is 4.79 Å². The lowest BCUT2D eigenvalue weighted by atomic mass is 10.0. The molecule has 1 heterocycles. The molecule has 1 fully saturated rings. The molecule has 0 saturated carbocycles. The van der Waals surface area contributed by atoms with Gasteiger partial charge in [-0.05, 0) is 20.5 Å². The fraction of sp³-hybridized carbons (Fsp3) is 0.900. The van der Waals surface area contributed by atoms with Gasteiger partial charge in [-0.3, -0.25) is 0 Å². The van der Waals surface area contributed by atoms with Gasteiger partial charge in [0.25, 0.3) is 0 Å². The molecule has 0 aromatic rings. The summed E-state index contributed by atoms with van der Waals surface area (Å²) in [5.74, 6) is 0. The number of cyclic esters (lactones) is 1. The first-order valence-corrected chi connectivity index (χ1v) is 5.19. The standard InChI is InChI=1S/C8H16N2O2.C2H6/c1-4-8(6-10(2)3)5-9-7(11)12-8;1-2/h4-6H2,1-3H3,(H,9,11);1-2H3. The van der Waals surface area contributed by atoms with Crippen LogP contribution in [0.1, 0.15) is 27.2 Å². The average molecular weight is 202 g/mol. The second kappa shape index (κ2) is 5.86. The van der Waals surface area contributed by atoms with Gasteiger partial charge < -0.3 is 15.0 Å². The molecule has 1 N–H and O–H groups in total. The minimum atomic E-state index is -0.305. The third-order valence-electron chi connectivity index (χ3n) is 2.11. The van der Waals surface area contributed by atoms with Crippen molar-refractivity contribution in [1.29, 1.82) is 0 Å². The molecule has 4 nitrogen and oxygen atoms in total. The van der Waals surface area contributed by atoms with E-state index < -0.39 is 0 Å². The number of alkyl carbamates (subject to hydrolysis) is 1. The molecule has 0 aromatic carbocycles. The predicted molar refractivity (Wildman–Crippen MR) is 57.4 cm³/mol. The molecule has 0 bridgehead atoms. The van der Waals surface area contributed by atoms with Gasteiger partial charge in [-0.1, -0.05) is 20.8 Å². The number of hydrogen-bond acceptors (Lipinski definition) is 3. The maximum absolute atomic E-state index is 10.8. The van der Waals surface area contributed by atoms with Gasteiger partial charge in [0.1, 0.15) is 5.60 Å². The van der Waals surface area contributed by atoms with Gasteiger partial charge in [0.2, 0.25) is 0 Å². The molecule has 0 radical (unpaired) electrons. The van der Waals surface area contributed by atoms with Crippen LogP contribution in [0.25, 0.3) is 0 Å². The van der Waals surface area contributed by atoms with Gasteiger partial charge in [-0.2, -0.15) is 0 Å². The number of carbonyl (C=O) groups excluding carboxylic acids is 1. The van der Waals surface area contributed by atoms with Crippen molar-refractivity contribution in [3.63, 3.8) is 0 Å². The summed E-state index contributed by atoms with van der Waals surface area (Å²) in [7, 11) is 3.95. The number of ether oxygens (including phenoxy) is 1. The van der Waals surface area contributed by atoms with E-state index in [2.05, 4.69) is 5.32 Å². The Balaban J connectivity index is 0.000000791. The van der Waals surface area contributed by atoms with E-state index in [0.717, 1.165) is 13.0 Å². The molecule has 4 heteroatoms. The second-order valence-electron chi connectivity index (χ2n) is 3.52. The van der Waals surface area contributed by atoms with Crippen molar-refractivity contribution in [3.8, 4) is 0 Å². The van der Waals surface area contributed by atoms with Crippen molar-refractivity contribution in [2.75, 3.05) is 27.2 Å². The van der Waals surface area contributed by atoms with Gasteiger partial charge in [0.15, 0.2) is 0 Å². The zero-order chi connectivity index (χ0) is 11.2. The van der Waals surface area contributed by atoms with Crippen LogP contribution in [0.15, 0.2) is 0 Å². The summed E-state index contributed by atoms with van der Waals surface area (Å²) in [5.41, 5.74) is -0.305. The molecule has 1 aliphatic heterocycles. The number of nitrogens with zero attached hydrogens (tertiary/aromatic N) is 1. The maximum atomic E-state index is 10.8. The molecule has 0 aromatic heterocycles. The van der Waals surface area contributed by atoms with Crippen molar-refractivity contribution in [3.05, 3.63) is 0 Å². The third kappa shape index (κ3) is 3.54. The van der Waals surface area contributed by atoms with E-state index in [1.54, 1.807) is 0 Å². The Morgan fingerprint density at radius 1 is 1.50 bits per heavy atom. The van der Waals surface area contributed by atoms with Crippen LogP contribution in [-0.4, -0.2) is 43.8 Å². The normalized spacial score (nSPS) is 25.1. The van der Waals surface area contributed by atoms with E-state index in [4.69, 9.17) is 4.74 Å². The van der Waals surface area contributed by atoms with Crippen LogP contribution < -0.4 is 5.32 Å². The molecule has 1 unspecified atom stereocenters. The van der Waals surface area contributed by atoms with Crippen molar-refractivity contribution in [1.82, 2.24) is 10.2 Å². The lowest BCUT2D eigenvalue weighted by Crippen LogP contribution is -2.42. The summed E-state index contributed by atoms with van der Waals surface area (Å²) in [6, 6.07) is 0. The largest absolute Gasteiger partial charge is 0.440 e. The highest BCUT2D eigenvalue weighted by Crippen LogP contribution is 2.20. The maximum Gasteiger partial charge on any atom is 0.407 e. The zero-order valence-corrected chi connectivity index (χ0v) is 9.89. The molecule has 0 aliphatic carbocycles. The summed E-state index contributed by atoms with van der Waals surface area (Å²) in [6.07, 6.45) is 0.558. The van der Waals surface area contributed by atoms with Crippen LogP contribution in [0.3, 0.4) is 0 Å². The monoisotopic (exact) mass is 202 g/mol. The Morgan fingerprint density at radius 3 is 2.36 bits per heavy atom. The number of nitrogens with one attached hydrogen (secondary N) is 1. The van der Waals surface area contributed by atoms with Gasteiger partial charge in [-0.15, -0.1) is 0 Å². The molecule has 84 valence electrons. The number of likely N-dealkylation sites (N-methyl/N-ethyl adjacent to an activating group) is 1. The summed E-state index contributed by atoms with van der Waals surface area (Å²) >= 11 is 0. The first kappa shape index (κ1) is 13.2. The van der Waals surface area contributed by atoms with E-state index in [9.17, 15) is 4.79 Å². The lowest BCUT2D eigenvalue weighted by Gasteiger charge is -2.27. The highest BCUT2D eigenvalue weighted by atomic mass is 16.6. The van der Waals surface area contributed by atoms with E-state index in [0.29, 0.717) is 6.54 Å². The fourth-order valence-corrected chi connectivity index (χ4v) is 1.48. The Kier molecular flexibility index (Phi) is 5.53. The molecule has 1 aliphatic rings. The highest BCUT2D eigenvalue weighted by molar-refractivity contribution is 5.70. The Bertz CT molecular complexity index is 183. The van der Waals surface area contributed by atoms with Gasteiger partial charge in [-0.25, -0.2) is 4.79 Å². The van der Waals surface area contributed by atoms with Crippen molar-refractivity contribution in [2.24, 2.45) is 0 Å². The van der Waals surface area contributed by atoms with E-state index >= 15 is 0 Å². The van der Waals surface area contributed by atoms with Gasteiger partial charge in [0, 0.05) is 6.54 Å². The molecular weight excluding hydrogens is 180 g/mol. The Hall–Kier alpha value is -0.770. The molecule has 0 spiro atoms. The first-order chi connectivity index (χ1) is 6.58. The van der Waals surface area contributed by atoms with Gasteiger partial charge >= 0.3 is 6.09 Å². The van der Waals surface area contributed by atoms with Crippen LogP contribution in [0.5, 0.6) is 0 Å². The van der Waals surface area contributed by atoms with E-state index in [1.807, 2.05) is 39.8 Å². The molecule has 1 atom stereocenters. The number of carbonyl (C=O) groups is 1. The summed E-state index contributed by atoms with van der Waals surface area (Å²) in [5, 5.41) is 2.68. The molecule has 1 amide bonds. The SMILES string of the molecule is CC.CCC1(CN(C)C)CNC(=O)O1. The van der Waals surface area contributed by atoms with Gasteiger partial charge in [0.05, 0.1) is 6.54 Å². The lowest BCUT2D eigenvalue weighted by molar-refractivity contribution is 0.0324. The minimum Gasteiger partial charge on any atom is -0.440 e. The van der Waals surface area contributed by atoms with E-state index in [-0.39, 0.29) is 11.7 Å². The highest BCUT2D eigenvalue weighted by Gasteiger charge is 2.38. The van der Waals surface area contributed by atoms with Crippen LogP contribution in [0.2, 0.25) is 0 Å². The van der Waals surface area contributed by atoms with Crippen LogP contribution in [-0.2, 0) is 4.74 Å². The predicted octanol–water partition coefficient (Wildman–Crippen LogP) is 1.46. The quantitative estimate of drug-likeness (QED) is 0.753. The van der Waals surface area contributed by atoms with E-state index in [1.165, 1.54) is 0 Å². The second-order valence-corrected chi connectivity index (χ2v) is 3.52. The molecular formula is C10H22N2O2. The van der Waals surface area contributed by atoms with Crippen molar-refractivity contribution >= 4 is 6.09 Å². The summed E-state index contributed by atoms with van der Waals surface area (Å²) in [6.45, 7) is 7.44. The third-order valence-corrected chi connectivity index (χ3v) is 2.11. The number of rotatable bonds is 3. The number of hydrogen-bond donors (Lipinski definition) is 1. The molecule has 1 rings (SSSR count). The molecule has 14 heavy (non-hydrogen) atoms. The van der Waals surface area contributed by atoms with Crippen LogP contribution >= 0.6 is 0 Å². The van der Waals surface area contributed by atoms with Crippen molar-refractivity contribution < 1.29 is 9.53 Å². The fourth-order valence-electron chi connectivity index (χ4n) is 1.48. The minimum absolute atomic E-state index is 0.293.